The molecule has 1 aliphatic rings. The Bertz CT molecular complexity index is 1090. The van der Waals surface area contributed by atoms with Crippen LogP contribution in [0.25, 0.3) is 0 Å². The summed E-state index contributed by atoms with van der Waals surface area (Å²) >= 11 is 0. The zero-order chi connectivity index (χ0) is 24.6. The normalized spacial score (nSPS) is 23.9. The molecule has 0 radical (unpaired) electrons. The lowest BCUT2D eigenvalue weighted by Gasteiger charge is -2.42. The number of hydrogen-bond donors (Lipinski definition) is 1. The van der Waals surface area contributed by atoms with Crippen molar-refractivity contribution in [3.05, 3.63) is 108 Å². The number of aliphatic hydroxyl groups is 1. The van der Waals surface area contributed by atoms with Crippen LogP contribution in [-0.2, 0) is 25.6 Å². The van der Waals surface area contributed by atoms with Gasteiger partial charge < -0.3 is 24.1 Å². The van der Waals surface area contributed by atoms with Crippen molar-refractivity contribution in [1.82, 2.24) is 0 Å². The summed E-state index contributed by atoms with van der Waals surface area (Å²) in [7, 11) is 0. The van der Waals surface area contributed by atoms with E-state index in [1.165, 1.54) is 0 Å². The highest BCUT2D eigenvalue weighted by molar-refractivity contribution is 5.90. The van der Waals surface area contributed by atoms with Crippen molar-refractivity contribution >= 4 is 11.9 Å². The van der Waals surface area contributed by atoms with Gasteiger partial charge in [-0.1, -0.05) is 66.7 Å². The fraction of sp³-hybridized carbons (Fsp3) is 0.286. The van der Waals surface area contributed by atoms with Gasteiger partial charge in [0.1, 0.15) is 12.2 Å². The van der Waals surface area contributed by atoms with Crippen molar-refractivity contribution in [2.45, 2.75) is 44.1 Å². The lowest BCUT2D eigenvalue weighted by molar-refractivity contribution is -0.228. The van der Waals surface area contributed by atoms with E-state index in [2.05, 4.69) is 0 Å². The van der Waals surface area contributed by atoms with E-state index in [1.807, 2.05) is 30.3 Å². The first-order valence-electron chi connectivity index (χ1n) is 11.5. The number of rotatable bonds is 8. The molecule has 7 heteroatoms. The fourth-order valence-electron chi connectivity index (χ4n) is 3.94. The number of aliphatic hydroxyl groups excluding tert-OH is 1. The second kappa shape index (κ2) is 11.8. The highest BCUT2D eigenvalue weighted by Crippen LogP contribution is 2.28. The number of carbonyl (C=O) groups is 2. The van der Waals surface area contributed by atoms with Crippen LogP contribution >= 0.6 is 0 Å². The van der Waals surface area contributed by atoms with Gasteiger partial charge >= 0.3 is 11.9 Å². The molecule has 4 rings (SSSR count). The van der Waals surface area contributed by atoms with Gasteiger partial charge in [0, 0.05) is 0 Å². The van der Waals surface area contributed by atoms with Gasteiger partial charge in [0.15, 0.2) is 12.2 Å². The lowest BCUT2D eigenvalue weighted by atomic mass is 9.95. The van der Waals surface area contributed by atoms with Crippen LogP contribution in [-0.4, -0.2) is 54.2 Å². The molecule has 0 aromatic heterocycles. The Kier molecular flexibility index (Phi) is 8.26. The first-order chi connectivity index (χ1) is 17.0. The Morgan fingerprint density at radius 2 is 1.26 bits per heavy atom. The standard InChI is InChI=1S/C28H28O7/c1-19-25(34-27(30)21-13-7-3-8-14-21)26(35-28(31)22-15-9-4-10-16-22)24(29)23(33-19)18-32-17-20-11-5-2-6-12-20/h2-16,19,23-26,29H,17-18H2,1H3/t19-,23?,24+,25?,26-/m0/s1. The highest BCUT2D eigenvalue weighted by Gasteiger charge is 2.48. The van der Waals surface area contributed by atoms with Crippen LogP contribution in [0, 0.1) is 0 Å². The van der Waals surface area contributed by atoms with Crippen LogP contribution in [0.1, 0.15) is 33.2 Å². The van der Waals surface area contributed by atoms with E-state index < -0.39 is 42.5 Å². The minimum Gasteiger partial charge on any atom is -0.452 e. The molecule has 0 aliphatic carbocycles. The van der Waals surface area contributed by atoms with Crippen LogP contribution in [0.2, 0.25) is 0 Å². The summed E-state index contributed by atoms with van der Waals surface area (Å²) in [5.41, 5.74) is 1.65. The molecule has 3 aromatic rings. The second-order valence-electron chi connectivity index (χ2n) is 8.34. The zero-order valence-electron chi connectivity index (χ0n) is 19.4. The van der Waals surface area contributed by atoms with Crippen molar-refractivity contribution in [3.8, 4) is 0 Å². The first-order valence-corrected chi connectivity index (χ1v) is 11.5. The molecule has 1 aliphatic heterocycles. The van der Waals surface area contributed by atoms with Gasteiger partial charge in [0.25, 0.3) is 0 Å². The Hall–Kier alpha value is -3.52. The van der Waals surface area contributed by atoms with Crippen molar-refractivity contribution in [1.29, 1.82) is 0 Å². The van der Waals surface area contributed by atoms with Gasteiger partial charge in [0.05, 0.1) is 30.4 Å². The Morgan fingerprint density at radius 1 is 0.771 bits per heavy atom. The average molecular weight is 477 g/mol. The molecule has 0 saturated carbocycles. The molecule has 1 N–H and O–H groups in total. The molecule has 5 atom stereocenters. The number of benzene rings is 3. The minimum atomic E-state index is -1.27. The van der Waals surface area contributed by atoms with Crippen molar-refractivity contribution in [2.24, 2.45) is 0 Å². The molecule has 2 unspecified atom stereocenters. The predicted octanol–water partition coefficient (Wildman–Crippen LogP) is 3.80. The highest BCUT2D eigenvalue weighted by atomic mass is 16.6. The predicted molar refractivity (Wildman–Crippen MR) is 128 cm³/mol. The van der Waals surface area contributed by atoms with Crippen LogP contribution in [0.4, 0.5) is 0 Å². The Labute approximate surface area is 204 Å². The second-order valence-corrected chi connectivity index (χ2v) is 8.34. The van der Waals surface area contributed by atoms with Crippen molar-refractivity contribution in [2.75, 3.05) is 6.61 Å². The van der Waals surface area contributed by atoms with Gasteiger partial charge in [-0.15, -0.1) is 0 Å². The first kappa shape index (κ1) is 24.6. The van der Waals surface area contributed by atoms with Gasteiger partial charge in [-0.3, -0.25) is 0 Å². The molecule has 1 heterocycles. The third-order valence-corrected chi connectivity index (χ3v) is 5.79. The monoisotopic (exact) mass is 476 g/mol. The molecule has 0 amide bonds. The molecular formula is C28H28O7. The van der Waals surface area contributed by atoms with Crippen LogP contribution in [0.15, 0.2) is 91.0 Å². The Morgan fingerprint density at radius 3 is 1.80 bits per heavy atom. The summed E-state index contributed by atoms with van der Waals surface area (Å²) in [6.45, 7) is 2.12. The summed E-state index contributed by atoms with van der Waals surface area (Å²) in [6.07, 6.45) is -4.89. The van der Waals surface area contributed by atoms with E-state index in [9.17, 15) is 14.7 Å². The molecule has 1 saturated heterocycles. The van der Waals surface area contributed by atoms with E-state index in [0.717, 1.165) is 5.56 Å². The van der Waals surface area contributed by atoms with Crippen LogP contribution in [0.3, 0.4) is 0 Å². The van der Waals surface area contributed by atoms with Crippen LogP contribution in [0.5, 0.6) is 0 Å². The SMILES string of the molecule is C[C@@H]1OC(COCc2ccccc2)[C@@H](O)[C@H](OC(=O)c2ccccc2)C1OC(=O)c1ccccc1. The molecule has 0 bridgehead atoms. The molecular weight excluding hydrogens is 448 g/mol. The third-order valence-electron chi connectivity index (χ3n) is 5.79. The Balaban J connectivity index is 1.49. The fourth-order valence-corrected chi connectivity index (χ4v) is 3.94. The summed E-state index contributed by atoms with van der Waals surface area (Å²) in [4.78, 5) is 25.6. The maximum atomic E-state index is 12.8. The van der Waals surface area contributed by atoms with Gasteiger partial charge in [-0.2, -0.15) is 0 Å². The van der Waals surface area contributed by atoms with E-state index in [1.54, 1.807) is 67.6 Å². The van der Waals surface area contributed by atoms with E-state index >= 15 is 0 Å². The largest absolute Gasteiger partial charge is 0.452 e. The number of esters is 2. The molecule has 3 aromatic carbocycles. The molecule has 1 fully saturated rings. The summed E-state index contributed by atoms with van der Waals surface area (Å²) in [5.74, 6) is -1.23. The van der Waals surface area contributed by atoms with E-state index in [0.29, 0.717) is 17.7 Å². The van der Waals surface area contributed by atoms with E-state index in [-0.39, 0.29) is 6.61 Å². The zero-order valence-corrected chi connectivity index (χ0v) is 19.4. The van der Waals surface area contributed by atoms with Gasteiger partial charge in [0.2, 0.25) is 0 Å². The summed E-state index contributed by atoms with van der Waals surface area (Å²) in [6, 6.07) is 26.5. The smallest absolute Gasteiger partial charge is 0.338 e. The average Bonchev–Trinajstić information content (AvgIpc) is 2.90. The van der Waals surface area contributed by atoms with E-state index in [4.69, 9.17) is 18.9 Å². The van der Waals surface area contributed by atoms with Crippen molar-refractivity contribution < 1.29 is 33.6 Å². The van der Waals surface area contributed by atoms with Gasteiger partial charge in [-0.05, 0) is 36.8 Å². The maximum Gasteiger partial charge on any atom is 0.338 e. The quantitative estimate of drug-likeness (QED) is 0.495. The lowest BCUT2D eigenvalue weighted by Crippen LogP contribution is -2.60. The van der Waals surface area contributed by atoms with Crippen LogP contribution < -0.4 is 0 Å². The maximum absolute atomic E-state index is 12.8. The molecule has 7 nitrogen and oxygen atoms in total. The topological polar surface area (TPSA) is 91.3 Å². The van der Waals surface area contributed by atoms with Gasteiger partial charge in [-0.25, -0.2) is 9.59 Å². The number of hydrogen-bond acceptors (Lipinski definition) is 7. The summed E-state index contributed by atoms with van der Waals surface area (Å²) < 4.78 is 23.1. The van der Waals surface area contributed by atoms with Crippen molar-refractivity contribution in [3.63, 3.8) is 0 Å². The number of ether oxygens (including phenoxy) is 4. The molecule has 35 heavy (non-hydrogen) atoms. The number of carbonyl (C=O) groups excluding carboxylic acids is 2. The summed E-state index contributed by atoms with van der Waals surface area (Å²) in [5, 5.41) is 11.1. The minimum absolute atomic E-state index is 0.0686. The molecule has 0 spiro atoms. The molecule has 182 valence electrons. The third kappa shape index (κ3) is 6.33.